The van der Waals surface area contributed by atoms with Crippen LogP contribution in [-0.2, 0) is 11.3 Å². The molecule has 1 aromatic heterocycles. The topological polar surface area (TPSA) is 56.3 Å². The van der Waals surface area contributed by atoms with E-state index >= 15 is 0 Å². The number of nitrogens with zero attached hydrogens (tertiary/aromatic N) is 3. The molecule has 0 aliphatic carbocycles. The summed E-state index contributed by atoms with van der Waals surface area (Å²) in [6.45, 7) is 5.35. The first-order valence-electron chi connectivity index (χ1n) is 6.45. The van der Waals surface area contributed by atoms with Crippen LogP contribution in [0.1, 0.15) is 0 Å². The van der Waals surface area contributed by atoms with Crippen LogP contribution < -0.4 is 5.73 Å². The van der Waals surface area contributed by atoms with E-state index in [4.69, 9.17) is 22.1 Å². The van der Waals surface area contributed by atoms with Gasteiger partial charge in [0.05, 0.1) is 24.2 Å². The first kappa shape index (κ1) is 12.7. The molecule has 3 rings (SSSR count). The summed E-state index contributed by atoms with van der Waals surface area (Å²) in [4.78, 5) is 6.73. The van der Waals surface area contributed by atoms with Crippen LogP contribution in [-0.4, -0.2) is 47.3 Å². The van der Waals surface area contributed by atoms with Gasteiger partial charge in [0.2, 0.25) is 5.95 Å². The molecule has 2 N–H and O–H groups in total. The maximum absolute atomic E-state index is 6.04. The van der Waals surface area contributed by atoms with Crippen LogP contribution in [0.2, 0.25) is 5.02 Å². The zero-order chi connectivity index (χ0) is 13.2. The van der Waals surface area contributed by atoms with Crippen molar-refractivity contribution in [1.29, 1.82) is 0 Å². The van der Waals surface area contributed by atoms with Crippen molar-refractivity contribution in [2.24, 2.45) is 0 Å². The van der Waals surface area contributed by atoms with Gasteiger partial charge in [-0.3, -0.25) is 4.90 Å². The number of aromatic nitrogens is 2. The van der Waals surface area contributed by atoms with Crippen molar-refractivity contribution < 1.29 is 4.74 Å². The zero-order valence-corrected chi connectivity index (χ0v) is 11.4. The average Bonchev–Trinajstić information content (AvgIpc) is 2.73. The molecule has 1 aromatic carbocycles. The Balaban J connectivity index is 1.79. The SMILES string of the molecule is Nc1nc2ccc(Cl)cc2n1CCN1CCOCC1. The lowest BCUT2D eigenvalue weighted by Crippen LogP contribution is -2.38. The highest BCUT2D eigenvalue weighted by atomic mass is 35.5. The fraction of sp³-hybridized carbons (Fsp3) is 0.462. The van der Waals surface area contributed by atoms with Gasteiger partial charge in [-0.15, -0.1) is 0 Å². The lowest BCUT2D eigenvalue weighted by molar-refractivity contribution is 0.0366. The molecule has 0 unspecified atom stereocenters. The maximum atomic E-state index is 6.04. The quantitative estimate of drug-likeness (QED) is 0.928. The van der Waals surface area contributed by atoms with Crippen LogP contribution in [0.15, 0.2) is 18.2 Å². The van der Waals surface area contributed by atoms with Crippen molar-refractivity contribution in [3.63, 3.8) is 0 Å². The molecule has 2 aromatic rings. The molecule has 102 valence electrons. The summed E-state index contributed by atoms with van der Waals surface area (Å²) in [5, 5.41) is 0.708. The summed E-state index contributed by atoms with van der Waals surface area (Å²) in [6, 6.07) is 5.65. The summed E-state index contributed by atoms with van der Waals surface area (Å²) in [7, 11) is 0. The number of benzene rings is 1. The predicted molar refractivity (Wildman–Crippen MR) is 76.4 cm³/mol. The molecule has 0 atom stereocenters. The standard InChI is InChI=1S/C13H17ClN4O/c14-10-1-2-11-12(9-10)18(13(15)16-11)4-3-17-5-7-19-8-6-17/h1-2,9H,3-8H2,(H2,15,16). The van der Waals surface area contributed by atoms with Crippen LogP contribution in [0.3, 0.4) is 0 Å². The van der Waals surface area contributed by atoms with Crippen molar-refractivity contribution in [3.05, 3.63) is 23.2 Å². The number of hydrogen-bond acceptors (Lipinski definition) is 4. The Bertz CT molecular complexity index is 577. The predicted octanol–water partition coefficient (Wildman–Crippen LogP) is 1.60. The highest BCUT2D eigenvalue weighted by molar-refractivity contribution is 6.31. The number of hydrogen-bond donors (Lipinski definition) is 1. The second-order valence-electron chi connectivity index (χ2n) is 4.71. The number of ether oxygens (including phenoxy) is 1. The van der Waals surface area contributed by atoms with Crippen LogP contribution in [0.4, 0.5) is 5.95 Å². The van der Waals surface area contributed by atoms with E-state index in [-0.39, 0.29) is 0 Å². The summed E-state index contributed by atoms with van der Waals surface area (Å²) in [5.74, 6) is 0.547. The van der Waals surface area contributed by atoms with Gasteiger partial charge in [0.25, 0.3) is 0 Å². The number of nitrogen functional groups attached to an aromatic ring is 1. The Morgan fingerprint density at radius 3 is 2.84 bits per heavy atom. The van der Waals surface area contributed by atoms with Gasteiger partial charge in [-0.1, -0.05) is 11.6 Å². The molecule has 0 amide bonds. The van der Waals surface area contributed by atoms with Gasteiger partial charge in [0.15, 0.2) is 0 Å². The second kappa shape index (κ2) is 5.36. The summed E-state index contributed by atoms with van der Waals surface area (Å²) < 4.78 is 7.37. The number of morpholine rings is 1. The van der Waals surface area contributed by atoms with E-state index in [2.05, 4.69) is 9.88 Å². The molecule has 1 fully saturated rings. The molecule has 6 heteroatoms. The van der Waals surface area contributed by atoms with Crippen molar-refractivity contribution in [2.45, 2.75) is 6.54 Å². The minimum atomic E-state index is 0.547. The number of imidazole rings is 1. The molecule has 0 saturated carbocycles. The molecule has 0 spiro atoms. The Morgan fingerprint density at radius 1 is 1.26 bits per heavy atom. The molecule has 1 aliphatic rings. The largest absolute Gasteiger partial charge is 0.379 e. The van der Waals surface area contributed by atoms with E-state index < -0.39 is 0 Å². The molecule has 19 heavy (non-hydrogen) atoms. The average molecular weight is 281 g/mol. The number of nitrogens with two attached hydrogens (primary N) is 1. The minimum Gasteiger partial charge on any atom is -0.379 e. The van der Waals surface area contributed by atoms with E-state index in [1.807, 2.05) is 22.8 Å². The summed E-state index contributed by atoms with van der Waals surface area (Å²) >= 11 is 6.04. The molecule has 1 aliphatic heterocycles. The summed E-state index contributed by atoms with van der Waals surface area (Å²) in [5.41, 5.74) is 7.88. The van der Waals surface area contributed by atoms with Crippen molar-refractivity contribution in [1.82, 2.24) is 14.5 Å². The second-order valence-corrected chi connectivity index (χ2v) is 5.15. The van der Waals surface area contributed by atoms with Crippen molar-refractivity contribution in [2.75, 3.05) is 38.6 Å². The summed E-state index contributed by atoms with van der Waals surface area (Å²) in [6.07, 6.45) is 0. The first-order chi connectivity index (χ1) is 9.24. The van der Waals surface area contributed by atoms with E-state index in [1.165, 1.54) is 0 Å². The minimum absolute atomic E-state index is 0.547. The Kier molecular flexibility index (Phi) is 3.59. The lowest BCUT2D eigenvalue weighted by atomic mass is 10.3. The third-order valence-corrected chi connectivity index (χ3v) is 3.72. The van der Waals surface area contributed by atoms with Gasteiger partial charge in [-0.25, -0.2) is 4.98 Å². The zero-order valence-electron chi connectivity index (χ0n) is 10.7. The van der Waals surface area contributed by atoms with E-state index in [9.17, 15) is 0 Å². The molecule has 0 bridgehead atoms. The Hall–Kier alpha value is -1.30. The Morgan fingerprint density at radius 2 is 2.05 bits per heavy atom. The number of halogens is 1. The molecule has 1 saturated heterocycles. The number of anilines is 1. The van der Waals surface area contributed by atoms with E-state index in [0.717, 1.165) is 50.4 Å². The first-order valence-corrected chi connectivity index (χ1v) is 6.83. The van der Waals surface area contributed by atoms with Crippen molar-refractivity contribution in [3.8, 4) is 0 Å². The molecule has 2 heterocycles. The van der Waals surface area contributed by atoms with Gasteiger partial charge >= 0.3 is 0 Å². The van der Waals surface area contributed by atoms with Crippen LogP contribution >= 0.6 is 11.6 Å². The van der Waals surface area contributed by atoms with Crippen LogP contribution in [0.25, 0.3) is 11.0 Å². The van der Waals surface area contributed by atoms with Gasteiger partial charge in [-0.05, 0) is 18.2 Å². The molecular weight excluding hydrogens is 264 g/mol. The van der Waals surface area contributed by atoms with Gasteiger partial charge in [-0.2, -0.15) is 0 Å². The Labute approximate surface area is 116 Å². The monoisotopic (exact) mass is 280 g/mol. The molecular formula is C13H17ClN4O. The van der Waals surface area contributed by atoms with Crippen LogP contribution in [0.5, 0.6) is 0 Å². The van der Waals surface area contributed by atoms with Gasteiger partial charge < -0.3 is 15.0 Å². The number of fused-ring (bicyclic) bond motifs is 1. The van der Waals surface area contributed by atoms with Crippen LogP contribution in [0, 0.1) is 0 Å². The molecule has 0 radical (unpaired) electrons. The highest BCUT2D eigenvalue weighted by Gasteiger charge is 2.13. The van der Waals surface area contributed by atoms with Gasteiger partial charge in [0, 0.05) is 31.2 Å². The molecule has 5 nitrogen and oxygen atoms in total. The number of rotatable bonds is 3. The van der Waals surface area contributed by atoms with E-state index in [0.29, 0.717) is 11.0 Å². The van der Waals surface area contributed by atoms with E-state index in [1.54, 1.807) is 0 Å². The lowest BCUT2D eigenvalue weighted by Gasteiger charge is -2.26. The smallest absolute Gasteiger partial charge is 0.201 e. The third-order valence-electron chi connectivity index (χ3n) is 3.48. The highest BCUT2D eigenvalue weighted by Crippen LogP contribution is 2.21. The normalized spacial score (nSPS) is 17.1. The van der Waals surface area contributed by atoms with Crippen molar-refractivity contribution >= 4 is 28.6 Å². The fourth-order valence-electron chi connectivity index (χ4n) is 2.42. The fourth-order valence-corrected chi connectivity index (χ4v) is 2.58. The maximum Gasteiger partial charge on any atom is 0.201 e. The third kappa shape index (κ3) is 2.68. The van der Waals surface area contributed by atoms with Gasteiger partial charge in [0.1, 0.15) is 0 Å².